The molecule has 8 heteroatoms. The van der Waals surface area contributed by atoms with Gasteiger partial charge in [-0.15, -0.1) is 5.10 Å². The lowest BCUT2D eigenvalue weighted by Crippen LogP contribution is -2.26. The van der Waals surface area contributed by atoms with Crippen LogP contribution < -0.4 is 5.32 Å². The summed E-state index contributed by atoms with van der Waals surface area (Å²) in [7, 11) is -2.98. The molecule has 1 aromatic heterocycles. The van der Waals surface area contributed by atoms with Crippen molar-refractivity contribution in [1.29, 1.82) is 0 Å². The summed E-state index contributed by atoms with van der Waals surface area (Å²) in [5.41, 5.74) is 0. The molecule has 1 heterocycles. The number of hydrogen-bond donors (Lipinski definition) is 2. The highest BCUT2D eigenvalue weighted by atomic mass is 32.2. The van der Waals surface area contributed by atoms with Gasteiger partial charge in [0.25, 0.3) is 5.91 Å². The lowest BCUT2D eigenvalue weighted by atomic mass is 10.3. The van der Waals surface area contributed by atoms with Crippen LogP contribution in [0.4, 0.5) is 0 Å². The maximum absolute atomic E-state index is 11.6. The number of hydrogen-bond acceptors (Lipinski definition) is 5. The second kappa shape index (κ2) is 6.48. The third-order valence-corrected chi connectivity index (χ3v) is 3.23. The molecule has 0 aliphatic heterocycles. The third-order valence-electron chi connectivity index (χ3n) is 2.20. The average Bonchev–Trinajstić information content (AvgIpc) is 2.72. The highest BCUT2D eigenvalue weighted by Gasteiger charge is 2.11. The first kappa shape index (κ1) is 14.6. The highest BCUT2D eigenvalue weighted by molar-refractivity contribution is 7.90. The van der Waals surface area contributed by atoms with E-state index in [1.165, 1.54) is 6.26 Å². The molecule has 102 valence electrons. The predicted molar refractivity (Wildman–Crippen MR) is 67.0 cm³/mol. The number of nitrogens with one attached hydrogen (secondary N) is 2. The Kier molecular flexibility index (Phi) is 5.26. The van der Waals surface area contributed by atoms with Crippen molar-refractivity contribution >= 4 is 15.7 Å². The van der Waals surface area contributed by atoms with Gasteiger partial charge in [-0.05, 0) is 12.8 Å². The fourth-order valence-corrected chi connectivity index (χ4v) is 2.03. The molecule has 0 spiro atoms. The van der Waals surface area contributed by atoms with Crippen LogP contribution in [0.25, 0.3) is 0 Å². The Morgan fingerprint density at radius 2 is 2.17 bits per heavy atom. The summed E-state index contributed by atoms with van der Waals surface area (Å²) in [5, 5.41) is 9.06. The van der Waals surface area contributed by atoms with E-state index < -0.39 is 9.84 Å². The molecule has 0 bridgehead atoms. The van der Waals surface area contributed by atoms with Gasteiger partial charge in [0, 0.05) is 19.2 Å². The monoisotopic (exact) mass is 274 g/mol. The largest absolute Gasteiger partial charge is 0.349 e. The zero-order chi connectivity index (χ0) is 13.6. The van der Waals surface area contributed by atoms with Crippen LogP contribution >= 0.6 is 0 Å². The molecule has 2 N–H and O–H groups in total. The Morgan fingerprint density at radius 3 is 2.78 bits per heavy atom. The van der Waals surface area contributed by atoms with Crippen LogP contribution in [-0.4, -0.2) is 48.1 Å². The third kappa shape index (κ3) is 5.26. The normalized spacial score (nSPS) is 11.4. The Morgan fingerprint density at radius 1 is 1.44 bits per heavy atom. The Bertz CT molecular complexity index is 495. The maximum atomic E-state index is 11.6. The molecule has 0 radical (unpaired) electrons. The van der Waals surface area contributed by atoms with Crippen LogP contribution in [-0.2, 0) is 16.3 Å². The van der Waals surface area contributed by atoms with Crippen LogP contribution in [0.5, 0.6) is 0 Å². The SMILES string of the molecule is CCCc1nc(C(=O)NCCCS(C)(=O)=O)n[nH]1. The molecular formula is C10H18N4O3S. The predicted octanol–water partition coefficient (Wildman–Crippen LogP) is -0.0783. The van der Waals surface area contributed by atoms with Crippen molar-refractivity contribution in [2.24, 2.45) is 0 Å². The molecule has 0 unspecified atom stereocenters. The maximum Gasteiger partial charge on any atom is 0.290 e. The molecule has 0 saturated heterocycles. The van der Waals surface area contributed by atoms with Gasteiger partial charge in [0.2, 0.25) is 5.82 Å². The van der Waals surface area contributed by atoms with Crippen molar-refractivity contribution in [2.75, 3.05) is 18.6 Å². The Hall–Kier alpha value is -1.44. The van der Waals surface area contributed by atoms with E-state index in [-0.39, 0.29) is 17.5 Å². The van der Waals surface area contributed by atoms with Crippen molar-refractivity contribution in [3.8, 4) is 0 Å². The van der Waals surface area contributed by atoms with Gasteiger partial charge >= 0.3 is 0 Å². The van der Waals surface area contributed by atoms with E-state index in [1.54, 1.807) is 0 Å². The number of rotatable bonds is 7. The quantitative estimate of drug-likeness (QED) is 0.677. The lowest BCUT2D eigenvalue weighted by Gasteiger charge is -2.01. The van der Waals surface area contributed by atoms with Crippen LogP contribution in [0.3, 0.4) is 0 Å². The summed E-state index contributed by atoms with van der Waals surface area (Å²) in [6, 6.07) is 0. The van der Waals surface area contributed by atoms with Crippen molar-refractivity contribution < 1.29 is 13.2 Å². The van der Waals surface area contributed by atoms with Gasteiger partial charge in [-0.25, -0.2) is 13.4 Å². The number of aromatic amines is 1. The average molecular weight is 274 g/mol. The topological polar surface area (TPSA) is 105 Å². The van der Waals surface area contributed by atoms with Gasteiger partial charge in [-0.1, -0.05) is 6.92 Å². The Balaban J connectivity index is 2.36. The van der Waals surface area contributed by atoms with E-state index in [0.717, 1.165) is 12.8 Å². The number of aromatic nitrogens is 3. The molecular weight excluding hydrogens is 256 g/mol. The van der Waals surface area contributed by atoms with Crippen molar-refractivity contribution in [2.45, 2.75) is 26.2 Å². The molecule has 0 saturated carbocycles. The number of H-pyrrole nitrogens is 1. The first-order valence-corrected chi connectivity index (χ1v) is 7.85. The number of nitrogens with zero attached hydrogens (tertiary/aromatic N) is 2. The van der Waals surface area contributed by atoms with Crippen LogP contribution in [0, 0.1) is 0 Å². The summed E-state index contributed by atoms with van der Waals surface area (Å²) in [5.74, 6) is 0.446. The minimum atomic E-state index is -2.98. The van der Waals surface area contributed by atoms with Crippen LogP contribution in [0.1, 0.15) is 36.2 Å². The summed E-state index contributed by atoms with van der Waals surface area (Å²) < 4.78 is 21.8. The summed E-state index contributed by atoms with van der Waals surface area (Å²) in [6.07, 6.45) is 3.22. The molecule has 18 heavy (non-hydrogen) atoms. The van der Waals surface area contributed by atoms with Gasteiger partial charge < -0.3 is 5.32 Å². The first-order chi connectivity index (χ1) is 8.42. The second-order valence-corrected chi connectivity index (χ2v) is 6.35. The summed E-state index contributed by atoms with van der Waals surface area (Å²) in [6.45, 7) is 2.30. The zero-order valence-corrected chi connectivity index (χ0v) is 11.4. The number of carbonyl (C=O) groups is 1. The number of aryl methyl sites for hydroxylation is 1. The van der Waals surface area contributed by atoms with Crippen LogP contribution in [0.2, 0.25) is 0 Å². The minimum Gasteiger partial charge on any atom is -0.349 e. The highest BCUT2D eigenvalue weighted by Crippen LogP contribution is 1.96. The van der Waals surface area contributed by atoms with E-state index in [2.05, 4.69) is 20.5 Å². The molecule has 1 aromatic rings. The molecule has 0 aliphatic carbocycles. The van der Waals surface area contributed by atoms with E-state index in [1.807, 2.05) is 6.92 Å². The molecule has 1 rings (SSSR count). The van der Waals surface area contributed by atoms with Crippen LogP contribution in [0.15, 0.2) is 0 Å². The van der Waals surface area contributed by atoms with E-state index in [9.17, 15) is 13.2 Å². The van der Waals surface area contributed by atoms with Gasteiger partial charge in [-0.3, -0.25) is 9.89 Å². The molecule has 0 fully saturated rings. The van der Waals surface area contributed by atoms with Crippen molar-refractivity contribution in [3.63, 3.8) is 0 Å². The van der Waals surface area contributed by atoms with E-state index in [4.69, 9.17) is 0 Å². The van der Waals surface area contributed by atoms with E-state index >= 15 is 0 Å². The first-order valence-electron chi connectivity index (χ1n) is 5.79. The standard InChI is InChI=1S/C10H18N4O3S/c1-3-5-8-12-9(14-13-8)10(15)11-6-4-7-18(2,16)17/h3-7H2,1-2H3,(H,11,15)(H,12,13,14). The van der Waals surface area contributed by atoms with Crippen molar-refractivity contribution in [3.05, 3.63) is 11.6 Å². The molecule has 1 amide bonds. The minimum absolute atomic E-state index is 0.0579. The van der Waals surface area contributed by atoms with Crippen molar-refractivity contribution in [1.82, 2.24) is 20.5 Å². The molecule has 0 atom stereocenters. The van der Waals surface area contributed by atoms with Gasteiger partial charge in [0.05, 0.1) is 5.75 Å². The molecule has 7 nitrogen and oxygen atoms in total. The fourth-order valence-electron chi connectivity index (χ4n) is 1.36. The van der Waals surface area contributed by atoms with Gasteiger partial charge in [0.15, 0.2) is 0 Å². The second-order valence-electron chi connectivity index (χ2n) is 4.10. The zero-order valence-electron chi connectivity index (χ0n) is 10.6. The smallest absolute Gasteiger partial charge is 0.290 e. The Labute approximate surface area is 106 Å². The fraction of sp³-hybridized carbons (Fsp3) is 0.700. The number of amides is 1. The summed E-state index contributed by atoms with van der Waals surface area (Å²) in [4.78, 5) is 15.6. The lowest BCUT2D eigenvalue weighted by molar-refractivity contribution is 0.0943. The molecule has 0 aromatic carbocycles. The van der Waals surface area contributed by atoms with E-state index in [0.29, 0.717) is 18.8 Å². The number of carbonyl (C=O) groups excluding carboxylic acids is 1. The molecule has 0 aliphatic rings. The van der Waals surface area contributed by atoms with Gasteiger partial charge in [-0.2, -0.15) is 0 Å². The van der Waals surface area contributed by atoms with Gasteiger partial charge in [0.1, 0.15) is 15.7 Å². The number of sulfone groups is 1. The summed E-state index contributed by atoms with van der Waals surface area (Å²) >= 11 is 0.